The molecule has 0 fully saturated rings. The van der Waals surface area contributed by atoms with Crippen molar-refractivity contribution in [3.05, 3.63) is 121 Å². The summed E-state index contributed by atoms with van der Waals surface area (Å²) in [4.78, 5) is 0. The Morgan fingerprint density at radius 3 is 1.61 bits per heavy atom. The van der Waals surface area contributed by atoms with Crippen LogP contribution in [0.3, 0.4) is 0 Å². The molecule has 170 valence electrons. The van der Waals surface area contributed by atoms with Gasteiger partial charge in [-0.05, 0) is 72.8 Å². The molecule has 7 aromatic carbocycles. The van der Waals surface area contributed by atoms with Crippen LogP contribution < -0.4 is 0 Å². The minimum absolute atomic E-state index is 0. The SMILES string of the molecule is C.c1ccc(-c2c3ccccc3c(-c3cc4cccc5oc6cccc3c6c45)c3ccccc23)cc1. The molecule has 0 saturated carbocycles. The molecule has 0 aliphatic rings. The third kappa shape index (κ3) is 2.71. The van der Waals surface area contributed by atoms with Crippen LogP contribution in [0.25, 0.3) is 76.5 Å². The zero-order valence-corrected chi connectivity index (χ0v) is 19.0. The van der Waals surface area contributed by atoms with Gasteiger partial charge in [0.15, 0.2) is 0 Å². The van der Waals surface area contributed by atoms with Crippen LogP contribution in [-0.2, 0) is 0 Å². The number of furan rings is 1. The van der Waals surface area contributed by atoms with Crippen LogP contribution >= 0.6 is 0 Å². The van der Waals surface area contributed by atoms with E-state index in [1.165, 1.54) is 65.3 Å². The fourth-order valence-electron chi connectivity index (χ4n) is 6.01. The molecule has 8 aromatic rings. The van der Waals surface area contributed by atoms with Gasteiger partial charge in [0.05, 0.1) is 0 Å². The fourth-order valence-corrected chi connectivity index (χ4v) is 6.01. The number of benzene rings is 7. The lowest BCUT2D eigenvalue weighted by Gasteiger charge is -2.19. The van der Waals surface area contributed by atoms with E-state index >= 15 is 0 Å². The Hall–Kier alpha value is -4.62. The van der Waals surface area contributed by atoms with Crippen LogP contribution in [0, 0.1) is 0 Å². The van der Waals surface area contributed by atoms with Crippen molar-refractivity contribution in [2.45, 2.75) is 7.43 Å². The first-order valence-corrected chi connectivity index (χ1v) is 12.0. The summed E-state index contributed by atoms with van der Waals surface area (Å²) < 4.78 is 6.26. The summed E-state index contributed by atoms with van der Waals surface area (Å²) in [7, 11) is 0. The van der Waals surface area contributed by atoms with Crippen LogP contribution in [0.2, 0.25) is 0 Å². The van der Waals surface area contributed by atoms with Crippen molar-refractivity contribution in [2.24, 2.45) is 0 Å². The van der Waals surface area contributed by atoms with Gasteiger partial charge in [0.2, 0.25) is 0 Å². The Morgan fingerprint density at radius 1 is 0.417 bits per heavy atom. The van der Waals surface area contributed by atoms with Gasteiger partial charge in [-0.1, -0.05) is 111 Å². The van der Waals surface area contributed by atoms with E-state index in [2.05, 4.69) is 121 Å². The maximum absolute atomic E-state index is 6.26. The lowest BCUT2D eigenvalue weighted by Crippen LogP contribution is -1.92. The minimum atomic E-state index is 0. The van der Waals surface area contributed by atoms with E-state index in [0.29, 0.717) is 0 Å². The molecule has 0 aliphatic carbocycles. The van der Waals surface area contributed by atoms with Gasteiger partial charge < -0.3 is 4.42 Å². The van der Waals surface area contributed by atoms with Gasteiger partial charge in [0.1, 0.15) is 11.2 Å². The van der Waals surface area contributed by atoms with Crippen molar-refractivity contribution < 1.29 is 4.42 Å². The van der Waals surface area contributed by atoms with Crippen LogP contribution in [0.15, 0.2) is 126 Å². The molecule has 1 nitrogen and oxygen atoms in total. The van der Waals surface area contributed by atoms with E-state index in [-0.39, 0.29) is 7.43 Å². The molecule has 0 atom stereocenters. The van der Waals surface area contributed by atoms with E-state index in [4.69, 9.17) is 4.42 Å². The second kappa shape index (κ2) is 7.69. The summed E-state index contributed by atoms with van der Waals surface area (Å²) in [5, 5.41) is 9.98. The number of hydrogen-bond donors (Lipinski definition) is 0. The maximum Gasteiger partial charge on any atom is 0.136 e. The Kier molecular flexibility index (Phi) is 4.43. The first-order chi connectivity index (χ1) is 17.4. The topological polar surface area (TPSA) is 13.1 Å². The molecular formula is C35H24O. The molecule has 0 N–H and O–H groups in total. The van der Waals surface area contributed by atoms with Crippen molar-refractivity contribution >= 4 is 54.3 Å². The molecule has 0 aliphatic heterocycles. The highest BCUT2D eigenvalue weighted by atomic mass is 16.3. The quantitative estimate of drug-likeness (QED) is 0.185. The first kappa shape index (κ1) is 20.7. The van der Waals surface area contributed by atoms with Gasteiger partial charge in [0.25, 0.3) is 0 Å². The second-order valence-corrected chi connectivity index (χ2v) is 9.27. The lowest BCUT2D eigenvalue weighted by atomic mass is 9.84. The van der Waals surface area contributed by atoms with Crippen molar-refractivity contribution in [3.8, 4) is 22.3 Å². The maximum atomic E-state index is 6.26. The Labute approximate surface area is 209 Å². The van der Waals surface area contributed by atoms with Crippen LogP contribution in [0.1, 0.15) is 7.43 Å². The molecule has 1 heteroatoms. The summed E-state index contributed by atoms with van der Waals surface area (Å²) >= 11 is 0. The second-order valence-electron chi connectivity index (χ2n) is 9.27. The van der Waals surface area contributed by atoms with E-state index < -0.39 is 0 Å². The summed E-state index contributed by atoms with van der Waals surface area (Å²) in [5.41, 5.74) is 6.98. The smallest absolute Gasteiger partial charge is 0.136 e. The van der Waals surface area contributed by atoms with Gasteiger partial charge in [0, 0.05) is 10.8 Å². The van der Waals surface area contributed by atoms with Gasteiger partial charge >= 0.3 is 0 Å². The summed E-state index contributed by atoms with van der Waals surface area (Å²) in [6.45, 7) is 0. The largest absolute Gasteiger partial charge is 0.456 e. The highest BCUT2D eigenvalue weighted by Crippen LogP contribution is 2.48. The third-order valence-electron chi connectivity index (χ3n) is 7.41. The fraction of sp³-hybridized carbons (Fsp3) is 0.0286. The summed E-state index contributed by atoms with van der Waals surface area (Å²) in [5.74, 6) is 0. The molecule has 0 spiro atoms. The zero-order valence-electron chi connectivity index (χ0n) is 19.0. The molecule has 0 bridgehead atoms. The number of rotatable bonds is 2. The van der Waals surface area contributed by atoms with E-state index in [1.807, 2.05) is 0 Å². The molecule has 1 aromatic heterocycles. The molecule has 8 rings (SSSR count). The molecule has 0 unspecified atom stereocenters. The van der Waals surface area contributed by atoms with E-state index in [0.717, 1.165) is 11.2 Å². The van der Waals surface area contributed by atoms with Crippen LogP contribution in [0.4, 0.5) is 0 Å². The first-order valence-electron chi connectivity index (χ1n) is 12.0. The van der Waals surface area contributed by atoms with Crippen LogP contribution in [-0.4, -0.2) is 0 Å². The minimum Gasteiger partial charge on any atom is -0.456 e. The lowest BCUT2D eigenvalue weighted by molar-refractivity contribution is 0.669. The standard InChI is InChI=1S/C34H20O.CH4/c1-2-10-21(11-3-1)31-23-13-4-6-15-25(23)33(26-16-7-5-14-24(26)31)28-20-22-12-8-18-29-32(22)34-27(28)17-9-19-30(34)35-29;/h1-20H;1H4. The van der Waals surface area contributed by atoms with Crippen molar-refractivity contribution in [1.82, 2.24) is 0 Å². The average Bonchev–Trinajstić information content (AvgIpc) is 3.31. The van der Waals surface area contributed by atoms with Crippen molar-refractivity contribution in [3.63, 3.8) is 0 Å². The van der Waals surface area contributed by atoms with Gasteiger partial charge in [-0.2, -0.15) is 0 Å². The Morgan fingerprint density at radius 2 is 0.944 bits per heavy atom. The number of fused-ring (bicyclic) bond motifs is 2. The third-order valence-corrected chi connectivity index (χ3v) is 7.41. The van der Waals surface area contributed by atoms with Gasteiger partial charge in [-0.3, -0.25) is 0 Å². The molecule has 0 saturated heterocycles. The highest BCUT2D eigenvalue weighted by Gasteiger charge is 2.21. The van der Waals surface area contributed by atoms with Crippen molar-refractivity contribution in [2.75, 3.05) is 0 Å². The average molecular weight is 461 g/mol. The molecule has 1 heterocycles. The zero-order chi connectivity index (χ0) is 22.9. The Balaban J connectivity index is 0.00000220. The van der Waals surface area contributed by atoms with E-state index in [1.54, 1.807) is 0 Å². The predicted molar refractivity (Wildman–Crippen MR) is 155 cm³/mol. The van der Waals surface area contributed by atoms with E-state index in [9.17, 15) is 0 Å². The van der Waals surface area contributed by atoms with Crippen molar-refractivity contribution in [1.29, 1.82) is 0 Å². The number of hydrogen-bond acceptors (Lipinski definition) is 1. The molecule has 0 radical (unpaired) electrons. The van der Waals surface area contributed by atoms with Gasteiger partial charge in [-0.15, -0.1) is 0 Å². The van der Waals surface area contributed by atoms with Crippen LogP contribution in [0.5, 0.6) is 0 Å². The highest BCUT2D eigenvalue weighted by molar-refractivity contribution is 6.29. The normalized spacial score (nSPS) is 11.7. The Bertz CT molecular complexity index is 1990. The predicted octanol–water partition coefficient (Wildman–Crippen LogP) is 10.5. The summed E-state index contributed by atoms with van der Waals surface area (Å²) in [6.07, 6.45) is 0. The monoisotopic (exact) mass is 460 g/mol. The molecule has 0 amide bonds. The molecule has 36 heavy (non-hydrogen) atoms. The van der Waals surface area contributed by atoms with Gasteiger partial charge in [-0.25, -0.2) is 0 Å². The molecular weight excluding hydrogens is 436 g/mol. The summed E-state index contributed by atoms with van der Waals surface area (Å²) in [6, 6.07) is 43.6.